The molecule has 0 bridgehead atoms. The maximum absolute atomic E-state index is 13.0. The summed E-state index contributed by atoms with van der Waals surface area (Å²) in [4.78, 5) is 42.5. The number of ether oxygens (including phenoxy) is 1. The highest BCUT2D eigenvalue weighted by Gasteiger charge is 2.27. The number of nitrogens with zero attached hydrogens (tertiary/aromatic N) is 2. The van der Waals surface area contributed by atoms with Gasteiger partial charge in [-0.1, -0.05) is 12.1 Å². The summed E-state index contributed by atoms with van der Waals surface area (Å²) in [7, 11) is 0. The van der Waals surface area contributed by atoms with E-state index in [1.165, 1.54) is 11.8 Å². The van der Waals surface area contributed by atoms with Crippen molar-refractivity contribution in [3.8, 4) is 5.75 Å². The zero-order valence-electron chi connectivity index (χ0n) is 18.0. The van der Waals surface area contributed by atoms with Gasteiger partial charge in [-0.3, -0.25) is 14.4 Å². The zero-order chi connectivity index (χ0) is 22.0. The molecule has 0 aromatic heterocycles. The van der Waals surface area contributed by atoms with Crippen LogP contribution in [0.3, 0.4) is 0 Å². The number of ketones is 1. The Kier molecular flexibility index (Phi) is 6.04. The third kappa shape index (κ3) is 4.46. The van der Waals surface area contributed by atoms with Gasteiger partial charge in [-0.25, -0.2) is 0 Å². The van der Waals surface area contributed by atoms with Gasteiger partial charge in [0.15, 0.2) is 12.4 Å². The largest absolute Gasteiger partial charge is 0.482 e. The normalized spacial score (nSPS) is 16.6. The number of benzene rings is 2. The Morgan fingerprint density at radius 2 is 1.84 bits per heavy atom. The second-order valence-electron chi connectivity index (χ2n) is 8.10. The van der Waals surface area contributed by atoms with E-state index >= 15 is 0 Å². The van der Waals surface area contributed by atoms with Crippen LogP contribution in [0.5, 0.6) is 5.75 Å². The van der Waals surface area contributed by atoms with Crippen LogP contribution in [-0.4, -0.2) is 61.8 Å². The molecule has 4 rings (SSSR count). The van der Waals surface area contributed by atoms with E-state index in [-0.39, 0.29) is 24.2 Å². The summed E-state index contributed by atoms with van der Waals surface area (Å²) in [6.45, 7) is 8.47. The molecule has 2 aliphatic rings. The molecule has 0 radical (unpaired) electrons. The van der Waals surface area contributed by atoms with E-state index in [1.807, 2.05) is 29.2 Å². The third-order valence-corrected chi connectivity index (χ3v) is 6.08. The summed E-state index contributed by atoms with van der Waals surface area (Å²) < 4.78 is 5.53. The minimum Gasteiger partial charge on any atom is -0.482 e. The van der Waals surface area contributed by atoms with Crippen LogP contribution in [0, 0.1) is 0 Å². The van der Waals surface area contributed by atoms with Crippen molar-refractivity contribution in [2.75, 3.05) is 44.2 Å². The quantitative estimate of drug-likeness (QED) is 0.735. The van der Waals surface area contributed by atoms with Crippen molar-refractivity contribution in [3.63, 3.8) is 0 Å². The van der Waals surface area contributed by atoms with E-state index in [0.29, 0.717) is 29.1 Å². The number of nitrogens with one attached hydrogen (secondary N) is 1. The first-order valence-corrected chi connectivity index (χ1v) is 10.8. The Balaban J connectivity index is 1.54. The fourth-order valence-electron chi connectivity index (χ4n) is 4.14. The molecule has 2 aromatic carbocycles. The number of piperazine rings is 1. The van der Waals surface area contributed by atoms with Crippen LogP contribution in [0.4, 0.5) is 5.69 Å². The highest BCUT2D eigenvalue weighted by Crippen LogP contribution is 2.34. The number of anilines is 1. The number of rotatable bonds is 5. The molecule has 2 heterocycles. The maximum atomic E-state index is 13.0. The van der Waals surface area contributed by atoms with Gasteiger partial charge in [0.1, 0.15) is 5.75 Å². The van der Waals surface area contributed by atoms with E-state index in [4.69, 9.17) is 4.74 Å². The van der Waals surface area contributed by atoms with Crippen LogP contribution in [0.1, 0.15) is 40.1 Å². The predicted octanol–water partition coefficient (Wildman–Crippen LogP) is 1.18. The molecule has 162 valence electrons. The summed E-state index contributed by atoms with van der Waals surface area (Å²) >= 11 is 0. The van der Waals surface area contributed by atoms with Crippen molar-refractivity contribution < 1.29 is 24.0 Å². The summed E-state index contributed by atoms with van der Waals surface area (Å²) in [5.74, 6) is 0.361. The van der Waals surface area contributed by atoms with Crippen molar-refractivity contribution in [3.05, 3.63) is 59.2 Å². The number of Topliss-reactive ketones (excluding diaryl/α,β-unsaturated/α-hetero) is 1. The number of hydrogen-bond acceptors (Lipinski definition) is 4. The van der Waals surface area contributed by atoms with Gasteiger partial charge in [0.2, 0.25) is 0 Å². The molecule has 0 spiro atoms. The average molecular weight is 423 g/mol. The minimum absolute atomic E-state index is 0.0320. The fourth-order valence-corrected chi connectivity index (χ4v) is 4.14. The van der Waals surface area contributed by atoms with E-state index < -0.39 is 0 Å². The summed E-state index contributed by atoms with van der Waals surface area (Å²) in [5.41, 5.74) is 2.60. The Morgan fingerprint density at radius 1 is 1.06 bits per heavy atom. The molecule has 2 aliphatic heterocycles. The van der Waals surface area contributed by atoms with Gasteiger partial charge in [0, 0.05) is 11.1 Å². The van der Waals surface area contributed by atoms with Gasteiger partial charge >= 0.3 is 0 Å². The lowest BCUT2D eigenvalue weighted by molar-refractivity contribution is -0.902. The lowest BCUT2D eigenvalue weighted by atomic mass is 10.1. The Hall–Kier alpha value is -3.19. The van der Waals surface area contributed by atoms with Gasteiger partial charge in [0.05, 0.1) is 45.0 Å². The first-order chi connectivity index (χ1) is 15.0. The van der Waals surface area contributed by atoms with Gasteiger partial charge in [0.25, 0.3) is 11.8 Å². The first kappa shape index (κ1) is 21.1. The molecule has 1 saturated heterocycles. The maximum Gasteiger partial charge on any atom is 0.265 e. The summed E-state index contributed by atoms with van der Waals surface area (Å²) in [6, 6.07) is 12.6. The molecule has 2 amide bonds. The number of hydrogen-bond donors (Lipinski definition) is 1. The highest BCUT2D eigenvalue weighted by atomic mass is 16.5. The van der Waals surface area contributed by atoms with E-state index in [2.05, 4.69) is 6.92 Å². The topological polar surface area (TPSA) is 71.4 Å². The molecule has 1 fully saturated rings. The standard InChI is InChI=1S/C24H27N3O4/c1-3-25-9-11-26(12-10-25)24(30)20-6-4-5-18(13-20)15-27-21-14-19(17(2)28)7-8-22(21)31-16-23(27)29/h4-8,13-14H,3,9-12,15-16H2,1-2H3/p+1. The molecular weight excluding hydrogens is 394 g/mol. The smallest absolute Gasteiger partial charge is 0.265 e. The Morgan fingerprint density at radius 3 is 2.55 bits per heavy atom. The van der Waals surface area contributed by atoms with E-state index in [0.717, 1.165) is 38.3 Å². The predicted molar refractivity (Wildman–Crippen MR) is 117 cm³/mol. The summed E-state index contributed by atoms with van der Waals surface area (Å²) in [5, 5.41) is 0. The van der Waals surface area contributed by atoms with Gasteiger partial charge in [-0.15, -0.1) is 0 Å². The van der Waals surface area contributed by atoms with E-state index in [1.54, 1.807) is 23.1 Å². The van der Waals surface area contributed by atoms with Crippen molar-refractivity contribution in [2.24, 2.45) is 0 Å². The zero-order valence-corrected chi connectivity index (χ0v) is 18.0. The van der Waals surface area contributed by atoms with Crippen LogP contribution >= 0.6 is 0 Å². The molecule has 1 N–H and O–H groups in total. The Bertz CT molecular complexity index is 1010. The number of quaternary nitrogens is 1. The molecule has 0 saturated carbocycles. The van der Waals surface area contributed by atoms with Gasteiger partial charge in [-0.05, 0) is 49.7 Å². The van der Waals surface area contributed by atoms with Crippen LogP contribution in [0.25, 0.3) is 0 Å². The number of carbonyl (C=O) groups is 3. The van der Waals surface area contributed by atoms with Crippen LogP contribution in [-0.2, 0) is 11.3 Å². The number of likely N-dealkylation sites (N-methyl/N-ethyl adjacent to an activating group) is 1. The fraction of sp³-hybridized carbons (Fsp3) is 0.375. The number of amides is 2. The molecule has 31 heavy (non-hydrogen) atoms. The van der Waals surface area contributed by atoms with E-state index in [9.17, 15) is 14.4 Å². The number of carbonyl (C=O) groups excluding carboxylic acids is 3. The lowest BCUT2D eigenvalue weighted by Crippen LogP contribution is -3.14. The second kappa shape index (κ2) is 8.89. The molecule has 0 unspecified atom stereocenters. The molecule has 7 heteroatoms. The van der Waals surface area contributed by atoms with Crippen LogP contribution in [0.15, 0.2) is 42.5 Å². The van der Waals surface area contributed by atoms with Crippen molar-refractivity contribution in [1.82, 2.24) is 4.90 Å². The van der Waals surface area contributed by atoms with Crippen LogP contribution in [0.2, 0.25) is 0 Å². The third-order valence-electron chi connectivity index (χ3n) is 6.08. The molecule has 0 atom stereocenters. The monoisotopic (exact) mass is 422 g/mol. The first-order valence-electron chi connectivity index (χ1n) is 10.8. The highest BCUT2D eigenvalue weighted by molar-refractivity contribution is 6.01. The second-order valence-corrected chi connectivity index (χ2v) is 8.10. The Labute approximate surface area is 182 Å². The summed E-state index contributed by atoms with van der Waals surface area (Å²) in [6.07, 6.45) is 0. The average Bonchev–Trinajstić information content (AvgIpc) is 2.80. The SMILES string of the molecule is CC[NH+]1CCN(C(=O)c2cccc(CN3C(=O)COc4ccc(C(C)=O)cc43)c2)CC1. The molecule has 7 nitrogen and oxygen atoms in total. The van der Waals surface area contributed by atoms with Crippen molar-refractivity contribution in [2.45, 2.75) is 20.4 Å². The van der Waals surface area contributed by atoms with Crippen molar-refractivity contribution in [1.29, 1.82) is 0 Å². The van der Waals surface area contributed by atoms with Gasteiger partial charge < -0.3 is 19.4 Å². The molecular formula is C24H28N3O4+. The van der Waals surface area contributed by atoms with Crippen LogP contribution < -0.4 is 14.5 Å². The molecule has 0 aliphatic carbocycles. The van der Waals surface area contributed by atoms with Crippen molar-refractivity contribution >= 4 is 23.3 Å². The number of fused-ring (bicyclic) bond motifs is 1. The van der Waals surface area contributed by atoms with Gasteiger partial charge in [-0.2, -0.15) is 0 Å². The molecule has 2 aromatic rings. The minimum atomic E-state index is -0.177. The lowest BCUT2D eigenvalue weighted by Gasteiger charge is -2.32.